The van der Waals surface area contributed by atoms with Gasteiger partial charge in [-0.15, -0.1) is 0 Å². The number of carbonyl (C=O) groups excluding carboxylic acids is 1. The minimum Gasteiger partial charge on any atom is -0.434 e. The van der Waals surface area contributed by atoms with Crippen molar-refractivity contribution in [1.82, 2.24) is 0 Å². The molecule has 0 aliphatic heterocycles. The number of alkyl halides is 4. The van der Waals surface area contributed by atoms with E-state index in [-0.39, 0.29) is 0 Å². The molecule has 0 saturated carbocycles. The number of hydrogen-bond acceptors (Lipinski definition) is 2. The van der Waals surface area contributed by atoms with Gasteiger partial charge in [0.1, 0.15) is 11.6 Å². The highest BCUT2D eigenvalue weighted by atomic mass is 19.3. The molecule has 1 aromatic carbocycles. The fourth-order valence-electron chi connectivity index (χ4n) is 1.25. The van der Waals surface area contributed by atoms with Gasteiger partial charge in [-0.2, -0.15) is 8.78 Å². The molecule has 0 saturated heterocycles. The van der Waals surface area contributed by atoms with E-state index < -0.39 is 41.5 Å². The van der Waals surface area contributed by atoms with Gasteiger partial charge >= 0.3 is 6.61 Å². The first-order valence-electron chi connectivity index (χ1n) is 4.41. The number of halogens is 5. The zero-order valence-electron chi connectivity index (χ0n) is 8.52. The SMILES string of the molecule is CC(=O)c1ccc(OC(F)F)c(C(F)F)c1F. The summed E-state index contributed by atoms with van der Waals surface area (Å²) < 4.78 is 66.0. The Morgan fingerprint density at radius 3 is 2.24 bits per heavy atom. The molecule has 1 aromatic rings. The van der Waals surface area contributed by atoms with Crippen molar-refractivity contribution in [1.29, 1.82) is 0 Å². The summed E-state index contributed by atoms with van der Waals surface area (Å²) in [4.78, 5) is 10.9. The topological polar surface area (TPSA) is 26.3 Å². The summed E-state index contributed by atoms with van der Waals surface area (Å²) in [7, 11) is 0. The third kappa shape index (κ3) is 2.92. The minimum absolute atomic E-state index is 0.595. The average Bonchev–Trinajstić information content (AvgIpc) is 2.15. The highest BCUT2D eigenvalue weighted by Gasteiger charge is 2.25. The van der Waals surface area contributed by atoms with Gasteiger partial charge in [-0.05, 0) is 19.1 Å². The van der Waals surface area contributed by atoms with Crippen LogP contribution in [0, 0.1) is 5.82 Å². The average molecular weight is 254 g/mol. The highest BCUT2D eigenvalue weighted by Crippen LogP contribution is 2.34. The number of ether oxygens (including phenoxy) is 1. The maximum atomic E-state index is 13.5. The molecule has 94 valence electrons. The number of hydrogen-bond donors (Lipinski definition) is 0. The third-order valence-electron chi connectivity index (χ3n) is 1.95. The predicted molar refractivity (Wildman–Crippen MR) is 48.0 cm³/mol. The van der Waals surface area contributed by atoms with Gasteiger partial charge in [0, 0.05) is 0 Å². The van der Waals surface area contributed by atoms with Crippen LogP contribution in [0.15, 0.2) is 12.1 Å². The molecule has 1 rings (SSSR count). The number of carbonyl (C=O) groups is 1. The van der Waals surface area contributed by atoms with E-state index in [0.29, 0.717) is 6.07 Å². The Morgan fingerprint density at radius 1 is 1.24 bits per heavy atom. The van der Waals surface area contributed by atoms with Crippen molar-refractivity contribution in [2.75, 3.05) is 0 Å². The maximum absolute atomic E-state index is 13.5. The van der Waals surface area contributed by atoms with Crippen molar-refractivity contribution in [3.63, 3.8) is 0 Å². The maximum Gasteiger partial charge on any atom is 0.387 e. The van der Waals surface area contributed by atoms with Gasteiger partial charge in [0.25, 0.3) is 6.43 Å². The van der Waals surface area contributed by atoms with Gasteiger partial charge in [0.15, 0.2) is 5.78 Å². The van der Waals surface area contributed by atoms with Gasteiger partial charge in [-0.3, -0.25) is 4.79 Å². The second-order valence-electron chi connectivity index (χ2n) is 3.07. The van der Waals surface area contributed by atoms with Crippen LogP contribution in [0.1, 0.15) is 29.3 Å². The summed E-state index contributed by atoms with van der Waals surface area (Å²) in [6.45, 7) is -2.38. The van der Waals surface area contributed by atoms with E-state index in [2.05, 4.69) is 4.74 Å². The molecule has 0 atom stereocenters. The summed E-state index contributed by atoms with van der Waals surface area (Å²) in [5, 5.41) is 0. The van der Waals surface area contributed by atoms with E-state index in [0.717, 1.165) is 13.0 Å². The van der Waals surface area contributed by atoms with Crippen LogP contribution in [0.4, 0.5) is 22.0 Å². The molecule has 0 radical (unpaired) electrons. The Morgan fingerprint density at radius 2 is 1.82 bits per heavy atom. The normalized spacial score (nSPS) is 11.1. The third-order valence-corrected chi connectivity index (χ3v) is 1.95. The molecule has 0 aliphatic rings. The van der Waals surface area contributed by atoms with Gasteiger partial charge < -0.3 is 4.74 Å². The number of rotatable bonds is 4. The van der Waals surface area contributed by atoms with E-state index in [9.17, 15) is 26.7 Å². The highest BCUT2D eigenvalue weighted by molar-refractivity contribution is 5.94. The van der Waals surface area contributed by atoms with Gasteiger partial charge in [0.2, 0.25) is 0 Å². The second kappa shape index (κ2) is 5.11. The van der Waals surface area contributed by atoms with Crippen LogP contribution < -0.4 is 4.74 Å². The minimum atomic E-state index is -3.36. The molecule has 17 heavy (non-hydrogen) atoms. The fourth-order valence-corrected chi connectivity index (χ4v) is 1.25. The lowest BCUT2D eigenvalue weighted by molar-refractivity contribution is -0.0522. The first-order valence-corrected chi connectivity index (χ1v) is 4.41. The predicted octanol–water partition coefficient (Wildman–Crippen LogP) is 3.57. The molecule has 0 spiro atoms. The molecule has 0 fully saturated rings. The molecule has 0 bridgehead atoms. The molecule has 7 heteroatoms. The fraction of sp³-hybridized carbons (Fsp3) is 0.300. The van der Waals surface area contributed by atoms with Crippen LogP contribution in [0.2, 0.25) is 0 Å². The Labute approximate surface area is 93.0 Å². The molecule has 0 aromatic heterocycles. The molecule has 0 aliphatic carbocycles. The number of Topliss-reactive ketones (excluding diaryl/α,β-unsaturated/α-hetero) is 1. The number of ketones is 1. The summed E-state index contributed by atoms with van der Waals surface area (Å²) in [6, 6.07) is 1.54. The summed E-state index contributed by atoms with van der Waals surface area (Å²) in [6.07, 6.45) is -3.36. The van der Waals surface area contributed by atoms with Crippen molar-refractivity contribution in [3.05, 3.63) is 29.1 Å². The van der Waals surface area contributed by atoms with Crippen LogP contribution in [-0.4, -0.2) is 12.4 Å². The Balaban J connectivity index is 3.34. The van der Waals surface area contributed by atoms with Gasteiger partial charge in [0.05, 0.1) is 11.1 Å². The monoisotopic (exact) mass is 254 g/mol. The zero-order valence-corrected chi connectivity index (χ0v) is 8.52. The van der Waals surface area contributed by atoms with Crippen LogP contribution in [0.3, 0.4) is 0 Å². The first kappa shape index (κ1) is 13.4. The molecule has 0 heterocycles. The smallest absolute Gasteiger partial charge is 0.387 e. The second-order valence-corrected chi connectivity index (χ2v) is 3.07. The van der Waals surface area contributed by atoms with E-state index in [1.807, 2.05) is 0 Å². The lowest BCUT2D eigenvalue weighted by Crippen LogP contribution is -2.09. The molecule has 0 amide bonds. The zero-order chi connectivity index (χ0) is 13.2. The molecular weight excluding hydrogens is 247 g/mol. The molecule has 2 nitrogen and oxygen atoms in total. The van der Waals surface area contributed by atoms with Crippen molar-refractivity contribution in [2.24, 2.45) is 0 Å². The number of benzene rings is 1. The lowest BCUT2D eigenvalue weighted by Gasteiger charge is -2.12. The van der Waals surface area contributed by atoms with Crippen molar-refractivity contribution in [3.8, 4) is 5.75 Å². The van der Waals surface area contributed by atoms with Crippen molar-refractivity contribution in [2.45, 2.75) is 20.0 Å². The summed E-state index contributed by atoms with van der Waals surface area (Å²) >= 11 is 0. The summed E-state index contributed by atoms with van der Waals surface area (Å²) in [5.74, 6) is -3.30. The van der Waals surface area contributed by atoms with E-state index in [4.69, 9.17) is 0 Å². The summed E-state index contributed by atoms with van der Waals surface area (Å²) in [5.41, 5.74) is -1.93. The lowest BCUT2D eigenvalue weighted by atomic mass is 10.1. The quantitative estimate of drug-likeness (QED) is 0.606. The Kier molecular flexibility index (Phi) is 4.03. The molecule has 0 N–H and O–H groups in total. The standard InChI is InChI=1S/C10H7F5O2/c1-4(16)5-2-3-6(17-10(14)15)7(8(5)11)9(12)13/h2-3,9-10H,1H3. The van der Waals surface area contributed by atoms with E-state index >= 15 is 0 Å². The van der Waals surface area contributed by atoms with E-state index in [1.165, 1.54) is 0 Å². The largest absolute Gasteiger partial charge is 0.434 e. The van der Waals surface area contributed by atoms with Crippen LogP contribution in [-0.2, 0) is 0 Å². The van der Waals surface area contributed by atoms with Gasteiger partial charge in [-0.25, -0.2) is 13.2 Å². The van der Waals surface area contributed by atoms with E-state index in [1.54, 1.807) is 0 Å². The van der Waals surface area contributed by atoms with Crippen LogP contribution in [0.25, 0.3) is 0 Å². The molecular formula is C10H7F5O2. The van der Waals surface area contributed by atoms with Crippen LogP contribution >= 0.6 is 0 Å². The first-order chi connectivity index (χ1) is 7.84. The van der Waals surface area contributed by atoms with Gasteiger partial charge in [-0.1, -0.05) is 0 Å². The van der Waals surface area contributed by atoms with Crippen molar-refractivity contribution < 1.29 is 31.5 Å². The van der Waals surface area contributed by atoms with Crippen LogP contribution in [0.5, 0.6) is 5.75 Å². The van der Waals surface area contributed by atoms with Crippen molar-refractivity contribution >= 4 is 5.78 Å². The Hall–Kier alpha value is -1.66. The molecule has 0 unspecified atom stereocenters. The Bertz CT molecular complexity index is 431.